The first-order valence-corrected chi connectivity index (χ1v) is 5.71. The Hall–Kier alpha value is -1.57. The second-order valence-corrected chi connectivity index (χ2v) is 4.18. The van der Waals surface area contributed by atoms with Crippen molar-refractivity contribution in [3.8, 4) is 0 Å². The Bertz CT molecular complexity index is 469. The van der Waals surface area contributed by atoms with Crippen LogP contribution in [0, 0.1) is 0 Å². The fourth-order valence-electron chi connectivity index (χ4n) is 1.99. The number of aliphatic hydroxyl groups is 2. The number of methoxy groups -OCH3 is 1. The molecule has 2 rings (SSSR count). The molecule has 104 valence electrons. The highest BCUT2D eigenvalue weighted by atomic mass is 19.1. The third-order valence-electron chi connectivity index (χ3n) is 3.00. The molecule has 0 aliphatic carbocycles. The molecule has 0 saturated carbocycles. The summed E-state index contributed by atoms with van der Waals surface area (Å²) in [6.07, 6.45) is -3.75. The van der Waals surface area contributed by atoms with Gasteiger partial charge in [0.15, 0.2) is 6.17 Å². The lowest BCUT2D eigenvalue weighted by molar-refractivity contribution is -0.0142. The topological polar surface area (TPSA) is 88.9 Å². The third kappa shape index (κ3) is 2.58. The van der Waals surface area contributed by atoms with Crippen LogP contribution in [0.3, 0.4) is 0 Å². The molecule has 1 aromatic rings. The molecule has 1 aliphatic rings. The summed E-state index contributed by atoms with van der Waals surface area (Å²) in [6, 6.07) is 2.87. The molecule has 1 aliphatic heterocycles. The number of nitrogens with zero attached hydrogens (tertiary/aromatic N) is 1. The third-order valence-corrected chi connectivity index (χ3v) is 3.00. The van der Waals surface area contributed by atoms with Gasteiger partial charge < -0.3 is 19.7 Å². The van der Waals surface area contributed by atoms with E-state index < -0.39 is 37.1 Å². The van der Waals surface area contributed by atoms with Gasteiger partial charge in [0.05, 0.1) is 13.7 Å². The highest BCUT2D eigenvalue weighted by Gasteiger charge is 2.44. The zero-order valence-corrected chi connectivity index (χ0v) is 10.2. The summed E-state index contributed by atoms with van der Waals surface area (Å²) in [4.78, 5) is 15.2. The van der Waals surface area contributed by atoms with Crippen LogP contribution in [0.15, 0.2) is 18.3 Å². The number of aliphatic hydroxyl groups excluding tert-OH is 2. The predicted molar refractivity (Wildman–Crippen MR) is 61.2 cm³/mol. The molecule has 0 aromatic carbocycles. The fourth-order valence-corrected chi connectivity index (χ4v) is 1.99. The molecule has 1 aromatic heterocycles. The first-order chi connectivity index (χ1) is 9.08. The standard InChI is InChI=1S/C12H14FNO5/c1-18-12(17)7-4-6(2-3-14-7)11-10(16)9(13)8(5-15)19-11/h2-4,8-11,15-16H,5H2,1H3/t8-,9-,10-,11+/m1/s1. The Morgan fingerprint density at radius 2 is 2.37 bits per heavy atom. The van der Waals surface area contributed by atoms with Crippen LogP contribution < -0.4 is 0 Å². The minimum absolute atomic E-state index is 0.0404. The summed E-state index contributed by atoms with van der Waals surface area (Å²) in [5.41, 5.74) is 0.445. The van der Waals surface area contributed by atoms with Crippen LogP contribution in [0.5, 0.6) is 0 Å². The average Bonchev–Trinajstić information content (AvgIpc) is 2.74. The summed E-state index contributed by atoms with van der Waals surface area (Å²) in [6.45, 7) is -0.524. The molecule has 1 saturated heterocycles. The number of rotatable bonds is 3. The SMILES string of the molecule is COC(=O)c1cc([C@@H]2O[C@H](CO)[C@@H](F)[C@H]2O)ccn1. The minimum atomic E-state index is -1.68. The van der Waals surface area contributed by atoms with Crippen LogP contribution in [0.25, 0.3) is 0 Å². The van der Waals surface area contributed by atoms with E-state index in [4.69, 9.17) is 9.84 Å². The van der Waals surface area contributed by atoms with Crippen LogP contribution in [-0.2, 0) is 9.47 Å². The second kappa shape index (κ2) is 5.60. The van der Waals surface area contributed by atoms with Gasteiger partial charge in [0.1, 0.15) is 24.0 Å². The molecular weight excluding hydrogens is 257 g/mol. The Labute approximate surface area is 108 Å². The summed E-state index contributed by atoms with van der Waals surface area (Å²) in [5.74, 6) is -0.634. The molecule has 0 radical (unpaired) electrons. The lowest BCUT2D eigenvalue weighted by atomic mass is 10.0. The van der Waals surface area contributed by atoms with Gasteiger partial charge in [0, 0.05) is 6.20 Å². The number of esters is 1. The molecule has 1 fully saturated rings. The van der Waals surface area contributed by atoms with Crippen molar-refractivity contribution in [2.45, 2.75) is 24.5 Å². The summed E-state index contributed by atoms with van der Waals surface area (Å²) in [5, 5.41) is 18.7. The number of ether oxygens (including phenoxy) is 2. The van der Waals surface area contributed by atoms with E-state index in [1.807, 2.05) is 0 Å². The molecule has 4 atom stereocenters. The Balaban J connectivity index is 2.25. The van der Waals surface area contributed by atoms with Crippen molar-refractivity contribution < 1.29 is 28.9 Å². The van der Waals surface area contributed by atoms with Crippen LogP contribution >= 0.6 is 0 Å². The Morgan fingerprint density at radius 3 is 2.95 bits per heavy atom. The second-order valence-electron chi connectivity index (χ2n) is 4.18. The number of halogens is 1. The van der Waals surface area contributed by atoms with E-state index in [0.29, 0.717) is 5.56 Å². The van der Waals surface area contributed by atoms with Crippen molar-refractivity contribution in [1.29, 1.82) is 0 Å². The molecule has 0 amide bonds. The van der Waals surface area contributed by atoms with Crippen molar-refractivity contribution in [2.24, 2.45) is 0 Å². The fraction of sp³-hybridized carbons (Fsp3) is 0.500. The number of pyridine rings is 1. The maximum atomic E-state index is 13.6. The number of carbonyl (C=O) groups is 1. The quantitative estimate of drug-likeness (QED) is 0.752. The van der Waals surface area contributed by atoms with E-state index in [2.05, 4.69) is 9.72 Å². The van der Waals surface area contributed by atoms with E-state index >= 15 is 0 Å². The summed E-state index contributed by atoms with van der Waals surface area (Å²) < 4.78 is 23.4. The van der Waals surface area contributed by atoms with E-state index in [1.165, 1.54) is 25.4 Å². The van der Waals surface area contributed by atoms with Crippen molar-refractivity contribution in [3.63, 3.8) is 0 Å². The van der Waals surface area contributed by atoms with Gasteiger partial charge in [-0.25, -0.2) is 14.2 Å². The Kier molecular flexibility index (Phi) is 4.08. The van der Waals surface area contributed by atoms with Crippen LogP contribution in [0.2, 0.25) is 0 Å². The maximum absolute atomic E-state index is 13.6. The van der Waals surface area contributed by atoms with Crippen LogP contribution in [0.1, 0.15) is 22.2 Å². The lowest BCUT2D eigenvalue weighted by Gasteiger charge is -2.14. The predicted octanol–water partition coefficient (Wildman–Crippen LogP) is -0.000600. The van der Waals surface area contributed by atoms with Crippen molar-refractivity contribution in [3.05, 3.63) is 29.6 Å². The van der Waals surface area contributed by atoms with Crippen molar-refractivity contribution in [2.75, 3.05) is 13.7 Å². The van der Waals surface area contributed by atoms with Gasteiger partial charge in [0.25, 0.3) is 0 Å². The molecule has 7 heteroatoms. The highest BCUT2D eigenvalue weighted by Crippen LogP contribution is 2.35. The van der Waals surface area contributed by atoms with Gasteiger partial charge in [-0.2, -0.15) is 0 Å². The number of hydrogen-bond donors (Lipinski definition) is 2. The Morgan fingerprint density at radius 1 is 1.63 bits per heavy atom. The molecule has 19 heavy (non-hydrogen) atoms. The van der Waals surface area contributed by atoms with Crippen LogP contribution in [0.4, 0.5) is 4.39 Å². The van der Waals surface area contributed by atoms with Crippen LogP contribution in [-0.4, -0.2) is 53.3 Å². The molecule has 6 nitrogen and oxygen atoms in total. The van der Waals surface area contributed by atoms with E-state index in [-0.39, 0.29) is 5.69 Å². The molecule has 0 unspecified atom stereocenters. The van der Waals surface area contributed by atoms with Gasteiger partial charge in [0.2, 0.25) is 0 Å². The molecule has 0 spiro atoms. The largest absolute Gasteiger partial charge is 0.464 e. The lowest BCUT2D eigenvalue weighted by Crippen LogP contribution is -2.28. The maximum Gasteiger partial charge on any atom is 0.356 e. The van der Waals surface area contributed by atoms with Gasteiger partial charge in [-0.1, -0.05) is 0 Å². The molecule has 2 heterocycles. The van der Waals surface area contributed by atoms with E-state index in [9.17, 15) is 14.3 Å². The zero-order valence-electron chi connectivity index (χ0n) is 10.2. The first-order valence-electron chi connectivity index (χ1n) is 5.71. The molecule has 2 N–H and O–H groups in total. The zero-order chi connectivity index (χ0) is 14.0. The monoisotopic (exact) mass is 271 g/mol. The number of alkyl halides is 1. The normalized spacial score (nSPS) is 30.3. The van der Waals surface area contributed by atoms with Gasteiger partial charge in [-0.05, 0) is 17.7 Å². The number of hydrogen-bond acceptors (Lipinski definition) is 6. The van der Waals surface area contributed by atoms with Crippen molar-refractivity contribution >= 4 is 5.97 Å². The highest BCUT2D eigenvalue weighted by molar-refractivity contribution is 5.87. The van der Waals surface area contributed by atoms with Gasteiger partial charge in [-0.15, -0.1) is 0 Å². The molecular formula is C12H14FNO5. The number of aromatic nitrogens is 1. The van der Waals surface area contributed by atoms with Gasteiger partial charge >= 0.3 is 5.97 Å². The van der Waals surface area contributed by atoms with E-state index in [1.54, 1.807) is 0 Å². The first kappa shape index (κ1) is 13.9. The summed E-state index contributed by atoms with van der Waals surface area (Å²) >= 11 is 0. The number of carbonyl (C=O) groups excluding carboxylic acids is 1. The van der Waals surface area contributed by atoms with Gasteiger partial charge in [-0.3, -0.25) is 0 Å². The summed E-state index contributed by atoms with van der Waals surface area (Å²) in [7, 11) is 1.22. The average molecular weight is 271 g/mol. The smallest absolute Gasteiger partial charge is 0.356 e. The molecule has 0 bridgehead atoms. The minimum Gasteiger partial charge on any atom is -0.464 e. The van der Waals surface area contributed by atoms with Crippen molar-refractivity contribution in [1.82, 2.24) is 4.98 Å². The van der Waals surface area contributed by atoms with E-state index in [0.717, 1.165) is 0 Å².